The zero-order chi connectivity index (χ0) is 24.1. The number of nitrogens with one attached hydrogen (secondary N) is 2. The highest BCUT2D eigenvalue weighted by atomic mass is 16.5. The van der Waals surface area contributed by atoms with Gasteiger partial charge in [0, 0.05) is 22.4 Å². The van der Waals surface area contributed by atoms with Gasteiger partial charge in [0.05, 0.1) is 19.9 Å². The number of methoxy groups -OCH3 is 2. The van der Waals surface area contributed by atoms with Crippen LogP contribution in [0.15, 0.2) is 65.1 Å². The van der Waals surface area contributed by atoms with Gasteiger partial charge in [0.2, 0.25) is 0 Å². The van der Waals surface area contributed by atoms with Gasteiger partial charge in [-0.25, -0.2) is 0 Å². The van der Waals surface area contributed by atoms with Crippen molar-refractivity contribution in [3.63, 3.8) is 0 Å². The van der Waals surface area contributed by atoms with Crippen LogP contribution in [0.25, 0.3) is 21.9 Å². The van der Waals surface area contributed by atoms with Crippen molar-refractivity contribution >= 4 is 45.4 Å². The summed E-state index contributed by atoms with van der Waals surface area (Å²) >= 11 is 0. The molecule has 3 aromatic carbocycles. The molecule has 0 unspecified atom stereocenters. The summed E-state index contributed by atoms with van der Waals surface area (Å²) in [6, 6.07) is 17.5. The second kappa shape index (κ2) is 9.95. The number of fused-ring (bicyclic) bond motifs is 3. The first kappa shape index (κ1) is 22.7. The fraction of sp³-hybridized carbons (Fsp3) is 0.160. The van der Waals surface area contributed by atoms with Crippen LogP contribution in [-0.4, -0.2) is 45.2 Å². The number of hydrogen-bond acceptors (Lipinski definition) is 7. The van der Waals surface area contributed by atoms with E-state index < -0.39 is 30.9 Å². The summed E-state index contributed by atoms with van der Waals surface area (Å²) in [5, 5.41) is 6.88. The number of carbonyl (C=O) groups excluding carboxylic acids is 3. The topological polar surface area (TPSA) is 116 Å². The monoisotopic (exact) mass is 462 g/mol. The number of benzene rings is 3. The lowest BCUT2D eigenvalue weighted by Crippen LogP contribution is -2.32. The molecule has 0 bridgehead atoms. The van der Waals surface area contributed by atoms with Gasteiger partial charge in [-0.2, -0.15) is 0 Å². The molecule has 0 radical (unpaired) electrons. The molecule has 1 heterocycles. The van der Waals surface area contributed by atoms with E-state index >= 15 is 0 Å². The van der Waals surface area contributed by atoms with Gasteiger partial charge in [-0.1, -0.05) is 24.3 Å². The first-order chi connectivity index (χ1) is 16.5. The average Bonchev–Trinajstić information content (AvgIpc) is 3.22. The van der Waals surface area contributed by atoms with Gasteiger partial charge in [0.1, 0.15) is 29.2 Å². The van der Waals surface area contributed by atoms with E-state index in [9.17, 15) is 14.4 Å². The Hall–Kier alpha value is -4.53. The van der Waals surface area contributed by atoms with Crippen LogP contribution in [0.4, 0.5) is 5.69 Å². The molecular formula is C25H22N2O7. The van der Waals surface area contributed by atoms with Gasteiger partial charge in [-0.05, 0) is 30.3 Å². The molecule has 0 saturated heterocycles. The van der Waals surface area contributed by atoms with E-state index in [1.807, 2.05) is 24.3 Å². The Balaban J connectivity index is 1.33. The average molecular weight is 462 g/mol. The van der Waals surface area contributed by atoms with Crippen LogP contribution in [0.1, 0.15) is 10.4 Å². The second-order valence-corrected chi connectivity index (χ2v) is 7.27. The molecule has 0 atom stereocenters. The number of rotatable bonds is 8. The van der Waals surface area contributed by atoms with Crippen molar-refractivity contribution in [3.8, 4) is 11.5 Å². The molecule has 0 aliphatic carbocycles. The van der Waals surface area contributed by atoms with E-state index in [0.717, 1.165) is 10.8 Å². The largest absolute Gasteiger partial charge is 0.497 e. The fourth-order valence-corrected chi connectivity index (χ4v) is 3.42. The van der Waals surface area contributed by atoms with Crippen LogP contribution in [0.2, 0.25) is 0 Å². The number of anilines is 1. The van der Waals surface area contributed by atoms with Crippen LogP contribution in [-0.2, 0) is 14.3 Å². The highest BCUT2D eigenvalue weighted by Crippen LogP contribution is 2.36. The van der Waals surface area contributed by atoms with Crippen molar-refractivity contribution in [2.24, 2.45) is 0 Å². The maximum Gasteiger partial charge on any atom is 0.325 e. The van der Waals surface area contributed by atoms with Gasteiger partial charge in [-0.3, -0.25) is 14.4 Å². The Morgan fingerprint density at radius 1 is 0.882 bits per heavy atom. The van der Waals surface area contributed by atoms with Crippen LogP contribution >= 0.6 is 0 Å². The van der Waals surface area contributed by atoms with Crippen molar-refractivity contribution < 1.29 is 33.0 Å². The van der Waals surface area contributed by atoms with Crippen LogP contribution in [0.3, 0.4) is 0 Å². The van der Waals surface area contributed by atoms with Crippen molar-refractivity contribution in [2.75, 3.05) is 32.7 Å². The van der Waals surface area contributed by atoms with Crippen molar-refractivity contribution in [1.82, 2.24) is 5.32 Å². The highest BCUT2D eigenvalue weighted by molar-refractivity contribution is 6.08. The molecule has 0 aliphatic rings. The van der Waals surface area contributed by atoms with E-state index in [0.29, 0.717) is 33.9 Å². The lowest BCUT2D eigenvalue weighted by molar-refractivity contribution is -0.146. The van der Waals surface area contributed by atoms with Gasteiger partial charge >= 0.3 is 5.97 Å². The van der Waals surface area contributed by atoms with Gasteiger partial charge in [-0.15, -0.1) is 0 Å². The van der Waals surface area contributed by atoms with Crippen molar-refractivity contribution in [1.29, 1.82) is 0 Å². The van der Waals surface area contributed by atoms with Crippen LogP contribution in [0.5, 0.6) is 11.5 Å². The lowest BCUT2D eigenvalue weighted by atomic mass is 10.1. The summed E-state index contributed by atoms with van der Waals surface area (Å²) in [6.07, 6.45) is 0. The normalized spacial score (nSPS) is 10.6. The Morgan fingerprint density at radius 2 is 1.71 bits per heavy atom. The number of para-hydroxylation sites is 1. The summed E-state index contributed by atoms with van der Waals surface area (Å²) in [5.41, 5.74) is 2.00. The summed E-state index contributed by atoms with van der Waals surface area (Å²) in [7, 11) is 2.98. The van der Waals surface area contributed by atoms with Gasteiger partial charge in [0.15, 0.2) is 6.61 Å². The van der Waals surface area contributed by atoms with Crippen molar-refractivity contribution in [2.45, 2.75) is 0 Å². The van der Waals surface area contributed by atoms with Crippen LogP contribution < -0.4 is 20.1 Å². The van der Waals surface area contributed by atoms with E-state index in [-0.39, 0.29) is 0 Å². The van der Waals surface area contributed by atoms with Crippen LogP contribution in [0, 0.1) is 0 Å². The summed E-state index contributed by atoms with van der Waals surface area (Å²) in [6.45, 7) is -0.924. The van der Waals surface area contributed by atoms with Gasteiger partial charge < -0.3 is 29.3 Å². The standard InChI is InChI=1S/C25H22N2O7/c1-31-16-7-5-6-15(10-16)25(30)26-13-24(29)33-14-23(28)27-19-12-21-18(11-22(19)32-2)17-8-3-4-9-20(17)34-21/h3-12H,13-14H2,1-2H3,(H,26,30)(H,27,28). The molecular weight excluding hydrogens is 440 g/mol. The third kappa shape index (κ3) is 4.93. The minimum Gasteiger partial charge on any atom is -0.497 e. The molecule has 9 heteroatoms. The Labute approximate surface area is 194 Å². The maximum absolute atomic E-state index is 12.3. The Morgan fingerprint density at radius 3 is 2.50 bits per heavy atom. The number of esters is 1. The fourth-order valence-electron chi connectivity index (χ4n) is 3.42. The molecule has 1 aromatic heterocycles. The number of hydrogen-bond donors (Lipinski definition) is 2. The molecule has 174 valence electrons. The molecule has 0 spiro atoms. The molecule has 4 aromatic rings. The van der Waals surface area contributed by atoms with Crippen molar-refractivity contribution in [3.05, 3.63) is 66.2 Å². The quantitative estimate of drug-likeness (QED) is 0.385. The maximum atomic E-state index is 12.3. The number of amides is 2. The molecule has 4 rings (SSSR count). The number of carbonyl (C=O) groups is 3. The second-order valence-electron chi connectivity index (χ2n) is 7.27. The predicted octanol–water partition coefficient (Wildman–Crippen LogP) is 3.51. The molecule has 0 fully saturated rings. The molecule has 2 N–H and O–H groups in total. The zero-order valence-electron chi connectivity index (χ0n) is 18.5. The number of furan rings is 1. The first-order valence-corrected chi connectivity index (χ1v) is 10.4. The smallest absolute Gasteiger partial charge is 0.325 e. The summed E-state index contributed by atoms with van der Waals surface area (Å²) in [5.74, 6) is -0.844. The minimum atomic E-state index is -0.758. The minimum absolute atomic E-state index is 0.331. The third-order valence-corrected chi connectivity index (χ3v) is 5.06. The molecule has 34 heavy (non-hydrogen) atoms. The van der Waals surface area contributed by atoms with E-state index in [1.54, 1.807) is 36.4 Å². The predicted molar refractivity (Wildman–Crippen MR) is 125 cm³/mol. The van der Waals surface area contributed by atoms with E-state index in [2.05, 4.69) is 10.6 Å². The zero-order valence-corrected chi connectivity index (χ0v) is 18.5. The highest BCUT2D eigenvalue weighted by Gasteiger charge is 2.16. The lowest BCUT2D eigenvalue weighted by Gasteiger charge is -2.11. The third-order valence-electron chi connectivity index (χ3n) is 5.06. The Kier molecular flexibility index (Phi) is 6.63. The van der Waals surface area contributed by atoms with E-state index in [4.69, 9.17) is 18.6 Å². The molecule has 9 nitrogen and oxygen atoms in total. The molecule has 2 amide bonds. The SMILES string of the molecule is COc1cccc(C(=O)NCC(=O)OCC(=O)Nc2cc3oc4ccccc4c3cc2OC)c1. The molecule has 0 saturated carbocycles. The summed E-state index contributed by atoms with van der Waals surface area (Å²) < 4.78 is 21.3. The summed E-state index contributed by atoms with van der Waals surface area (Å²) in [4.78, 5) is 36.5. The van der Waals surface area contributed by atoms with E-state index in [1.165, 1.54) is 14.2 Å². The first-order valence-electron chi connectivity index (χ1n) is 10.4. The number of ether oxygens (including phenoxy) is 3. The Bertz CT molecular complexity index is 1380. The molecule has 0 aliphatic heterocycles. The van der Waals surface area contributed by atoms with Gasteiger partial charge in [0.25, 0.3) is 11.8 Å².